The van der Waals surface area contributed by atoms with Gasteiger partial charge in [0, 0.05) is 31.2 Å². The molecule has 0 saturated carbocycles. The van der Waals surface area contributed by atoms with Crippen LogP contribution in [-0.2, 0) is 6.42 Å². The van der Waals surface area contributed by atoms with Gasteiger partial charge in [-0.2, -0.15) is 0 Å². The maximum Gasteiger partial charge on any atom is 0.407 e. The van der Waals surface area contributed by atoms with Crippen molar-refractivity contribution in [2.45, 2.75) is 58.3 Å². The van der Waals surface area contributed by atoms with Crippen molar-refractivity contribution in [1.82, 2.24) is 9.80 Å². The topological polar surface area (TPSA) is 43.8 Å². The van der Waals surface area contributed by atoms with E-state index >= 15 is 0 Å². The maximum absolute atomic E-state index is 13.4. The van der Waals surface area contributed by atoms with E-state index < -0.39 is 17.8 Å². The second kappa shape index (κ2) is 7.51. The SMILES string of the molecule is CC(c1ccc(CCN(C(=O)O)C(C)(C)C)cc1)N1CC[C@H](F)C1. The highest BCUT2D eigenvalue weighted by Gasteiger charge is 2.27. The Balaban J connectivity index is 1.95. The molecule has 1 aromatic rings. The number of hydrogen-bond donors (Lipinski definition) is 1. The summed E-state index contributed by atoms with van der Waals surface area (Å²) in [4.78, 5) is 15.0. The highest BCUT2D eigenvalue weighted by Crippen LogP contribution is 2.26. The Morgan fingerprint density at radius 1 is 1.38 bits per heavy atom. The summed E-state index contributed by atoms with van der Waals surface area (Å²) in [7, 11) is 0. The number of rotatable bonds is 5. The first-order chi connectivity index (χ1) is 11.2. The van der Waals surface area contributed by atoms with E-state index in [2.05, 4.69) is 36.1 Å². The summed E-state index contributed by atoms with van der Waals surface area (Å²) < 4.78 is 13.4. The van der Waals surface area contributed by atoms with Crippen LogP contribution < -0.4 is 0 Å². The largest absolute Gasteiger partial charge is 0.465 e. The number of hydrogen-bond acceptors (Lipinski definition) is 2. The number of amides is 1. The van der Waals surface area contributed by atoms with Crippen LogP contribution in [0, 0.1) is 0 Å². The molecule has 1 aromatic carbocycles. The molecule has 1 aliphatic heterocycles. The fourth-order valence-corrected chi connectivity index (χ4v) is 3.23. The van der Waals surface area contributed by atoms with Gasteiger partial charge in [-0.3, -0.25) is 4.90 Å². The van der Waals surface area contributed by atoms with Crippen LogP contribution in [0.25, 0.3) is 0 Å². The van der Waals surface area contributed by atoms with Crippen molar-refractivity contribution >= 4 is 6.09 Å². The number of halogens is 1. The van der Waals surface area contributed by atoms with Crippen LogP contribution >= 0.6 is 0 Å². The van der Waals surface area contributed by atoms with E-state index in [-0.39, 0.29) is 6.04 Å². The molecule has 1 aliphatic rings. The van der Waals surface area contributed by atoms with E-state index in [1.807, 2.05) is 20.8 Å². The fraction of sp³-hybridized carbons (Fsp3) is 0.632. The molecule has 1 saturated heterocycles. The first kappa shape index (κ1) is 18.7. The summed E-state index contributed by atoms with van der Waals surface area (Å²) in [5.41, 5.74) is 1.89. The lowest BCUT2D eigenvalue weighted by molar-refractivity contribution is 0.101. The molecule has 0 spiro atoms. The molecule has 1 unspecified atom stereocenters. The number of nitrogens with zero attached hydrogens (tertiary/aromatic N) is 2. The van der Waals surface area contributed by atoms with Crippen LogP contribution in [0.3, 0.4) is 0 Å². The standard InChI is InChI=1S/C19H29FN2O2/c1-14(21-11-10-17(20)13-21)16-7-5-15(6-8-16)9-12-22(18(23)24)19(2,3)4/h5-8,14,17H,9-13H2,1-4H3,(H,23,24)/t14?,17-/m0/s1. The van der Waals surface area contributed by atoms with Crippen LogP contribution in [0.1, 0.15) is 51.3 Å². The zero-order valence-corrected chi connectivity index (χ0v) is 15.1. The second-order valence-electron chi connectivity index (χ2n) is 7.65. The molecule has 4 nitrogen and oxygen atoms in total. The lowest BCUT2D eigenvalue weighted by Crippen LogP contribution is -2.45. The molecule has 0 aliphatic carbocycles. The van der Waals surface area contributed by atoms with Crippen LogP contribution in [0.15, 0.2) is 24.3 Å². The van der Waals surface area contributed by atoms with Gasteiger partial charge < -0.3 is 10.0 Å². The van der Waals surface area contributed by atoms with Gasteiger partial charge in [0.15, 0.2) is 0 Å². The van der Waals surface area contributed by atoms with Crippen LogP contribution in [-0.4, -0.2) is 52.3 Å². The molecule has 0 aromatic heterocycles. The van der Waals surface area contributed by atoms with E-state index in [1.165, 1.54) is 10.5 Å². The number of carboxylic acid groups (broad SMARTS) is 1. The quantitative estimate of drug-likeness (QED) is 0.880. The molecule has 1 fully saturated rings. The summed E-state index contributed by atoms with van der Waals surface area (Å²) in [6.07, 6.45) is -0.275. The van der Waals surface area contributed by atoms with Crippen molar-refractivity contribution in [3.05, 3.63) is 35.4 Å². The zero-order chi connectivity index (χ0) is 17.9. The van der Waals surface area contributed by atoms with Crippen molar-refractivity contribution in [1.29, 1.82) is 0 Å². The first-order valence-electron chi connectivity index (χ1n) is 8.66. The van der Waals surface area contributed by atoms with Crippen LogP contribution in [0.4, 0.5) is 9.18 Å². The van der Waals surface area contributed by atoms with Gasteiger partial charge >= 0.3 is 6.09 Å². The molecule has 1 N–H and O–H groups in total. The third kappa shape index (κ3) is 4.69. The van der Waals surface area contributed by atoms with Gasteiger partial charge in [0.1, 0.15) is 6.17 Å². The lowest BCUT2D eigenvalue weighted by atomic mass is 10.0. The average molecular weight is 336 g/mol. The minimum atomic E-state index is -0.887. The summed E-state index contributed by atoms with van der Waals surface area (Å²) in [5.74, 6) is 0. The number of alkyl halides is 1. The van der Waals surface area contributed by atoms with Gasteiger partial charge in [0.25, 0.3) is 0 Å². The van der Waals surface area contributed by atoms with E-state index in [0.29, 0.717) is 25.9 Å². The molecule has 1 amide bonds. The van der Waals surface area contributed by atoms with Gasteiger partial charge in [-0.1, -0.05) is 24.3 Å². The van der Waals surface area contributed by atoms with E-state index in [4.69, 9.17) is 0 Å². The van der Waals surface area contributed by atoms with Crippen molar-refractivity contribution in [2.24, 2.45) is 0 Å². The lowest BCUT2D eigenvalue weighted by Gasteiger charge is -2.33. The highest BCUT2D eigenvalue weighted by molar-refractivity contribution is 5.66. The summed E-state index contributed by atoms with van der Waals surface area (Å²) in [5, 5.41) is 9.34. The second-order valence-corrected chi connectivity index (χ2v) is 7.65. The molecule has 5 heteroatoms. The van der Waals surface area contributed by atoms with E-state index in [9.17, 15) is 14.3 Å². The average Bonchev–Trinajstić information content (AvgIpc) is 2.92. The highest BCUT2D eigenvalue weighted by atomic mass is 19.1. The molecular formula is C19H29FN2O2. The van der Waals surface area contributed by atoms with Crippen LogP contribution in [0.5, 0.6) is 0 Å². The molecule has 24 heavy (non-hydrogen) atoms. The maximum atomic E-state index is 13.4. The smallest absolute Gasteiger partial charge is 0.407 e. The summed E-state index contributed by atoms with van der Waals surface area (Å²) in [6, 6.07) is 8.47. The Labute approximate surface area is 144 Å². The van der Waals surface area contributed by atoms with E-state index in [0.717, 1.165) is 12.1 Å². The monoisotopic (exact) mass is 336 g/mol. The predicted octanol–water partition coefficient (Wildman–Crippen LogP) is 4.11. The predicted molar refractivity (Wildman–Crippen MR) is 94.1 cm³/mol. The summed E-state index contributed by atoms with van der Waals surface area (Å²) >= 11 is 0. The minimum Gasteiger partial charge on any atom is -0.465 e. The Morgan fingerprint density at radius 3 is 2.46 bits per heavy atom. The van der Waals surface area contributed by atoms with Crippen molar-refractivity contribution in [2.75, 3.05) is 19.6 Å². The first-order valence-corrected chi connectivity index (χ1v) is 8.66. The Morgan fingerprint density at radius 2 is 2.00 bits per heavy atom. The molecule has 2 atom stereocenters. The van der Waals surface area contributed by atoms with Gasteiger partial charge in [0.2, 0.25) is 0 Å². The Bertz CT molecular complexity index is 553. The van der Waals surface area contributed by atoms with Gasteiger partial charge in [-0.05, 0) is 51.7 Å². The third-order valence-corrected chi connectivity index (χ3v) is 4.84. The molecule has 0 radical (unpaired) electrons. The number of carbonyl (C=O) groups is 1. The van der Waals surface area contributed by atoms with Gasteiger partial charge in [-0.25, -0.2) is 9.18 Å². The van der Waals surface area contributed by atoms with E-state index in [1.54, 1.807) is 0 Å². The molecule has 2 rings (SSSR count). The van der Waals surface area contributed by atoms with Gasteiger partial charge in [0.05, 0.1) is 0 Å². The molecule has 0 bridgehead atoms. The number of likely N-dealkylation sites (tertiary alicyclic amines) is 1. The molecule has 1 heterocycles. The molecule has 134 valence electrons. The third-order valence-electron chi connectivity index (χ3n) is 4.84. The Hall–Kier alpha value is -1.62. The minimum absolute atomic E-state index is 0.213. The van der Waals surface area contributed by atoms with Crippen molar-refractivity contribution < 1.29 is 14.3 Å². The summed E-state index contributed by atoms with van der Waals surface area (Å²) in [6.45, 7) is 9.62. The van der Waals surface area contributed by atoms with Crippen LogP contribution in [0.2, 0.25) is 0 Å². The van der Waals surface area contributed by atoms with Crippen molar-refractivity contribution in [3.8, 4) is 0 Å². The zero-order valence-electron chi connectivity index (χ0n) is 15.1. The Kier molecular flexibility index (Phi) is 5.86. The van der Waals surface area contributed by atoms with Crippen molar-refractivity contribution in [3.63, 3.8) is 0 Å². The van der Waals surface area contributed by atoms with Gasteiger partial charge in [-0.15, -0.1) is 0 Å². The normalized spacial score (nSPS) is 20.1. The number of benzene rings is 1. The molecular weight excluding hydrogens is 307 g/mol. The fourth-order valence-electron chi connectivity index (χ4n) is 3.23.